The number of halogens is 4. The first kappa shape index (κ1) is 21.4. The number of carbonyl (C=O) groups is 1. The van der Waals surface area contributed by atoms with Crippen LogP contribution in [0.1, 0.15) is 18.9 Å². The third kappa shape index (κ3) is 6.69. The number of nitrogens with one attached hydrogen (secondary N) is 1. The fourth-order valence-electron chi connectivity index (χ4n) is 1.99. The molecule has 0 bridgehead atoms. The summed E-state index contributed by atoms with van der Waals surface area (Å²) in [4.78, 5) is 23.1. The fourth-order valence-corrected chi connectivity index (χ4v) is 2.10. The molecule has 11 heteroatoms. The second-order valence-electron chi connectivity index (χ2n) is 5.51. The van der Waals surface area contributed by atoms with E-state index in [4.69, 9.17) is 11.6 Å². The summed E-state index contributed by atoms with van der Waals surface area (Å²) >= 11 is 5.73. The van der Waals surface area contributed by atoms with E-state index < -0.39 is 18.1 Å². The van der Waals surface area contributed by atoms with Crippen LogP contribution in [0.3, 0.4) is 0 Å². The van der Waals surface area contributed by atoms with Gasteiger partial charge in [-0.2, -0.15) is 13.2 Å². The average Bonchev–Trinajstić information content (AvgIpc) is 2.65. The molecular weight excluding hydrogens is 399 g/mol. The molecule has 1 amide bonds. The number of amidine groups is 1. The van der Waals surface area contributed by atoms with Crippen molar-refractivity contribution in [3.8, 4) is 0 Å². The summed E-state index contributed by atoms with van der Waals surface area (Å²) in [5.41, 5.74) is 0.670. The van der Waals surface area contributed by atoms with Crippen molar-refractivity contribution in [1.29, 1.82) is 0 Å². The number of pyridine rings is 2. The standard InChI is InChI=1S/C17H17ClF3N5O2/c1-2-8-22-16(27)28-25-15(17(19,20)21)24-14-5-3-4-9-26(14)11-12-6-7-13(18)23-10-12/h3-7,9-10H,2,8,11H2,1H3,(H,22,27)/b24-14?,25-15+. The molecule has 0 unspecified atom stereocenters. The third-order valence-corrected chi connectivity index (χ3v) is 3.49. The molecule has 1 N–H and O–H groups in total. The molecule has 0 atom stereocenters. The van der Waals surface area contributed by atoms with E-state index in [1.165, 1.54) is 22.9 Å². The Hall–Kier alpha value is -2.88. The van der Waals surface area contributed by atoms with Crippen molar-refractivity contribution in [3.63, 3.8) is 0 Å². The van der Waals surface area contributed by atoms with Crippen molar-refractivity contribution >= 4 is 23.5 Å². The molecule has 0 fully saturated rings. The van der Waals surface area contributed by atoms with Gasteiger partial charge in [0.1, 0.15) is 10.6 Å². The van der Waals surface area contributed by atoms with Crippen molar-refractivity contribution < 1.29 is 22.8 Å². The summed E-state index contributed by atoms with van der Waals surface area (Å²) in [7, 11) is 0. The number of rotatable bonds is 5. The summed E-state index contributed by atoms with van der Waals surface area (Å²) < 4.78 is 41.2. The van der Waals surface area contributed by atoms with Gasteiger partial charge in [0.2, 0.25) is 0 Å². The monoisotopic (exact) mass is 415 g/mol. The van der Waals surface area contributed by atoms with Crippen LogP contribution in [0, 0.1) is 0 Å². The minimum atomic E-state index is -4.92. The Kier molecular flexibility index (Phi) is 7.56. The lowest BCUT2D eigenvalue weighted by atomic mass is 10.3. The Morgan fingerprint density at radius 2 is 2.11 bits per heavy atom. The molecule has 0 aliphatic heterocycles. The SMILES string of the molecule is CCCNC(=O)O/N=C(/N=c1ccccn1Cc1ccc(Cl)nc1)C(F)(F)F. The van der Waals surface area contributed by atoms with Crippen LogP contribution in [-0.4, -0.2) is 34.2 Å². The lowest BCUT2D eigenvalue weighted by Gasteiger charge is -2.09. The average molecular weight is 416 g/mol. The second kappa shape index (κ2) is 9.88. The second-order valence-corrected chi connectivity index (χ2v) is 5.89. The molecule has 2 rings (SSSR count). The van der Waals surface area contributed by atoms with E-state index in [9.17, 15) is 18.0 Å². The van der Waals surface area contributed by atoms with Gasteiger partial charge in [0, 0.05) is 18.9 Å². The van der Waals surface area contributed by atoms with Gasteiger partial charge in [0.05, 0.1) is 6.54 Å². The molecule has 0 saturated heterocycles. The Morgan fingerprint density at radius 3 is 2.75 bits per heavy atom. The van der Waals surface area contributed by atoms with Gasteiger partial charge in [-0.15, -0.1) is 0 Å². The topological polar surface area (TPSA) is 80.9 Å². The number of nitrogens with zero attached hydrogens (tertiary/aromatic N) is 4. The van der Waals surface area contributed by atoms with Crippen LogP contribution in [0.25, 0.3) is 0 Å². The maximum absolute atomic E-state index is 13.2. The van der Waals surface area contributed by atoms with Crippen molar-refractivity contribution in [2.45, 2.75) is 26.1 Å². The van der Waals surface area contributed by atoms with Crippen LogP contribution in [0.2, 0.25) is 5.15 Å². The lowest BCUT2D eigenvalue weighted by molar-refractivity contribution is -0.0622. The number of hydrogen-bond donors (Lipinski definition) is 1. The third-order valence-electron chi connectivity index (χ3n) is 3.27. The van der Waals surface area contributed by atoms with Crippen LogP contribution in [0.5, 0.6) is 0 Å². The molecule has 28 heavy (non-hydrogen) atoms. The van der Waals surface area contributed by atoms with Crippen LogP contribution < -0.4 is 10.8 Å². The van der Waals surface area contributed by atoms with Crippen molar-refractivity contribution in [1.82, 2.24) is 14.9 Å². The first-order valence-corrected chi connectivity index (χ1v) is 8.58. The fraction of sp³-hybridized carbons (Fsp3) is 0.294. The molecule has 0 aliphatic rings. The van der Waals surface area contributed by atoms with Gasteiger partial charge in [-0.1, -0.05) is 30.7 Å². The Morgan fingerprint density at radius 1 is 1.32 bits per heavy atom. The van der Waals surface area contributed by atoms with Crippen LogP contribution in [0.15, 0.2) is 52.9 Å². The first-order chi connectivity index (χ1) is 13.3. The maximum Gasteiger partial charge on any atom is 0.455 e. The van der Waals surface area contributed by atoms with Gasteiger partial charge in [-0.25, -0.2) is 14.8 Å². The summed E-state index contributed by atoms with van der Waals surface area (Å²) in [5.74, 6) is -1.59. The molecule has 0 saturated carbocycles. The number of oxime groups is 1. The number of amides is 1. The largest absolute Gasteiger partial charge is 0.455 e. The Bertz CT molecular complexity index is 895. The van der Waals surface area contributed by atoms with E-state index >= 15 is 0 Å². The number of alkyl halides is 3. The van der Waals surface area contributed by atoms with E-state index in [0.29, 0.717) is 17.1 Å². The van der Waals surface area contributed by atoms with Gasteiger partial charge >= 0.3 is 12.3 Å². The van der Waals surface area contributed by atoms with Crippen LogP contribution in [-0.2, 0) is 11.4 Å². The molecule has 150 valence electrons. The zero-order valence-electron chi connectivity index (χ0n) is 14.8. The Balaban J connectivity index is 2.33. The molecule has 0 spiro atoms. The summed E-state index contributed by atoms with van der Waals surface area (Å²) in [6.45, 7) is 2.23. The predicted molar refractivity (Wildman–Crippen MR) is 96.6 cm³/mol. The summed E-state index contributed by atoms with van der Waals surface area (Å²) in [6, 6.07) is 7.81. The van der Waals surface area contributed by atoms with Gasteiger partial charge < -0.3 is 9.88 Å². The molecule has 7 nitrogen and oxygen atoms in total. The smallest absolute Gasteiger partial charge is 0.328 e. The predicted octanol–water partition coefficient (Wildman–Crippen LogP) is 3.50. The van der Waals surface area contributed by atoms with Gasteiger partial charge in [0.15, 0.2) is 0 Å². The minimum absolute atomic E-state index is 0.0360. The lowest BCUT2D eigenvalue weighted by Crippen LogP contribution is -2.29. The highest BCUT2D eigenvalue weighted by atomic mass is 35.5. The van der Waals surface area contributed by atoms with E-state index in [1.54, 1.807) is 31.3 Å². The van der Waals surface area contributed by atoms with Gasteiger partial charge in [0.25, 0.3) is 5.84 Å². The molecule has 2 aromatic heterocycles. The highest BCUT2D eigenvalue weighted by Crippen LogP contribution is 2.18. The molecule has 0 aliphatic carbocycles. The normalized spacial score (nSPS) is 12.8. The zero-order valence-corrected chi connectivity index (χ0v) is 15.5. The Labute approximate surface area is 163 Å². The minimum Gasteiger partial charge on any atom is -0.328 e. The highest BCUT2D eigenvalue weighted by molar-refractivity contribution is 6.29. The number of aromatic nitrogens is 2. The van der Waals surface area contributed by atoms with Crippen LogP contribution >= 0.6 is 11.6 Å². The molecule has 2 heterocycles. The van der Waals surface area contributed by atoms with E-state index in [2.05, 4.69) is 25.3 Å². The quantitative estimate of drug-likeness (QED) is 0.267. The highest BCUT2D eigenvalue weighted by Gasteiger charge is 2.37. The van der Waals surface area contributed by atoms with E-state index in [1.807, 2.05) is 0 Å². The maximum atomic E-state index is 13.2. The van der Waals surface area contributed by atoms with Gasteiger partial charge in [-0.3, -0.25) is 4.84 Å². The van der Waals surface area contributed by atoms with Crippen molar-refractivity contribution in [2.75, 3.05) is 6.54 Å². The molecular formula is C17H17ClF3N5O2. The summed E-state index contributed by atoms with van der Waals surface area (Å²) in [5, 5.41) is 5.43. The van der Waals surface area contributed by atoms with Crippen molar-refractivity contribution in [3.05, 3.63) is 58.9 Å². The zero-order chi connectivity index (χ0) is 20.6. The number of carbonyl (C=O) groups excluding carboxylic acids is 1. The van der Waals surface area contributed by atoms with E-state index in [0.717, 1.165) is 0 Å². The molecule has 2 aromatic rings. The molecule has 0 aromatic carbocycles. The van der Waals surface area contributed by atoms with E-state index in [-0.39, 0.29) is 18.6 Å². The van der Waals surface area contributed by atoms with Crippen LogP contribution in [0.4, 0.5) is 18.0 Å². The number of hydrogen-bond acceptors (Lipinski definition) is 4. The molecule has 0 radical (unpaired) electrons. The van der Waals surface area contributed by atoms with Crippen molar-refractivity contribution in [2.24, 2.45) is 10.1 Å². The van der Waals surface area contributed by atoms with Gasteiger partial charge in [-0.05, 0) is 35.3 Å². The summed E-state index contributed by atoms with van der Waals surface area (Å²) in [6.07, 6.45) is -2.35. The first-order valence-electron chi connectivity index (χ1n) is 8.20.